The van der Waals surface area contributed by atoms with Crippen molar-refractivity contribution < 1.29 is 0 Å². The van der Waals surface area contributed by atoms with Gasteiger partial charge in [0.2, 0.25) is 0 Å². The minimum atomic E-state index is 0.637. The standard InChI is InChI=1S/C11H24N2/c1-6-11(4)12-7-8-13(5)9-10(2)3/h11-12H,2,6-9H2,1,3-5H3. The number of nitrogens with one attached hydrogen (secondary N) is 1. The lowest BCUT2D eigenvalue weighted by atomic mass is 10.2. The highest BCUT2D eigenvalue weighted by molar-refractivity contribution is 4.91. The first-order valence-corrected chi connectivity index (χ1v) is 5.12. The molecule has 0 amide bonds. The molecule has 0 saturated heterocycles. The Kier molecular flexibility index (Phi) is 6.92. The molecule has 0 saturated carbocycles. The first-order chi connectivity index (χ1) is 6.06. The number of hydrogen-bond donors (Lipinski definition) is 1. The van der Waals surface area contributed by atoms with E-state index in [9.17, 15) is 0 Å². The van der Waals surface area contributed by atoms with Gasteiger partial charge in [0.25, 0.3) is 0 Å². The van der Waals surface area contributed by atoms with E-state index in [1.807, 2.05) is 0 Å². The summed E-state index contributed by atoms with van der Waals surface area (Å²) in [7, 11) is 2.13. The number of rotatable bonds is 7. The lowest BCUT2D eigenvalue weighted by Gasteiger charge is -2.18. The van der Waals surface area contributed by atoms with Gasteiger partial charge in [-0.05, 0) is 27.3 Å². The summed E-state index contributed by atoms with van der Waals surface area (Å²) >= 11 is 0. The zero-order valence-electron chi connectivity index (χ0n) is 9.56. The zero-order chi connectivity index (χ0) is 10.3. The summed E-state index contributed by atoms with van der Waals surface area (Å²) in [5, 5.41) is 3.47. The van der Waals surface area contributed by atoms with Crippen molar-refractivity contribution in [3.63, 3.8) is 0 Å². The maximum Gasteiger partial charge on any atom is 0.0184 e. The maximum atomic E-state index is 3.89. The Balaban J connectivity index is 3.36. The molecular weight excluding hydrogens is 160 g/mol. The van der Waals surface area contributed by atoms with E-state index in [4.69, 9.17) is 0 Å². The second-order valence-electron chi connectivity index (χ2n) is 3.96. The van der Waals surface area contributed by atoms with Crippen molar-refractivity contribution in [3.05, 3.63) is 12.2 Å². The molecular formula is C11H24N2. The first kappa shape index (κ1) is 12.7. The van der Waals surface area contributed by atoms with Crippen LogP contribution in [0.4, 0.5) is 0 Å². The summed E-state index contributed by atoms with van der Waals surface area (Å²) in [6, 6.07) is 0.637. The van der Waals surface area contributed by atoms with Crippen molar-refractivity contribution in [3.8, 4) is 0 Å². The third-order valence-corrected chi connectivity index (χ3v) is 2.14. The molecule has 1 unspecified atom stereocenters. The quantitative estimate of drug-likeness (QED) is 0.608. The Labute approximate surface area is 83.0 Å². The summed E-state index contributed by atoms with van der Waals surface area (Å²) in [6.45, 7) is 13.5. The first-order valence-electron chi connectivity index (χ1n) is 5.12. The molecule has 0 radical (unpaired) electrons. The number of likely N-dealkylation sites (N-methyl/N-ethyl adjacent to an activating group) is 1. The van der Waals surface area contributed by atoms with Crippen LogP contribution in [0.1, 0.15) is 27.2 Å². The minimum Gasteiger partial charge on any atom is -0.313 e. The highest BCUT2D eigenvalue weighted by Crippen LogP contribution is 1.92. The van der Waals surface area contributed by atoms with Gasteiger partial charge < -0.3 is 10.2 Å². The predicted octanol–water partition coefficient (Wildman–Crippen LogP) is 1.88. The molecule has 0 aliphatic carbocycles. The van der Waals surface area contributed by atoms with E-state index in [0.29, 0.717) is 6.04 Å². The Hall–Kier alpha value is -0.340. The molecule has 1 atom stereocenters. The molecule has 0 rings (SSSR count). The Morgan fingerprint density at radius 3 is 2.62 bits per heavy atom. The van der Waals surface area contributed by atoms with Crippen LogP contribution in [0.5, 0.6) is 0 Å². The van der Waals surface area contributed by atoms with Crippen molar-refractivity contribution >= 4 is 0 Å². The minimum absolute atomic E-state index is 0.637. The van der Waals surface area contributed by atoms with Crippen LogP contribution in [-0.4, -0.2) is 37.6 Å². The molecule has 0 bridgehead atoms. The molecule has 0 heterocycles. The molecule has 0 aromatic heterocycles. The fraction of sp³-hybridized carbons (Fsp3) is 0.818. The van der Waals surface area contributed by atoms with Gasteiger partial charge in [0.15, 0.2) is 0 Å². The smallest absolute Gasteiger partial charge is 0.0184 e. The van der Waals surface area contributed by atoms with Crippen LogP contribution in [0.2, 0.25) is 0 Å². The average molecular weight is 184 g/mol. The molecule has 2 nitrogen and oxygen atoms in total. The van der Waals surface area contributed by atoms with E-state index in [0.717, 1.165) is 19.6 Å². The number of nitrogens with zero attached hydrogens (tertiary/aromatic N) is 1. The van der Waals surface area contributed by atoms with Crippen molar-refractivity contribution in [1.29, 1.82) is 0 Å². The van der Waals surface area contributed by atoms with Crippen LogP contribution in [0.15, 0.2) is 12.2 Å². The molecule has 0 aliphatic heterocycles. The molecule has 13 heavy (non-hydrogen) atoms. The lowest BCUT2D eigenvalue weighted by Crippen LogP contribution is -2.34. The predicted molar refractivity (Wildman–Crippen MR) is 60.1 cm³/mol. The van der Waals surface area contributed by atoms with Crippen LogP contribution in [0.25, 0.3) is 0 Å². The fourth-order valence-corrected chi connectivity index (χ4v) is 1.19. The van der Waals surface area contributed by atoms with Gasteiger partial charge in [0, 0.05) is 25.7 Å². The van der Waals surface area contributed by atoms with E-state index >= 15 is 0 Å². The SMILES string of the molecule is C=C(C)CN(C)CCNC(C)CC. The van der Waals surface area contributed by atoms with Crippen molar-refractivity contribution in [1.82, 2.24) is 10.2 Å². The molecule has 0 aromatic carbocycles. The molecule has 0 aromatic rings. The zero-order valence-corrected chi connectivity index (χ0v) is 9.56. The third-order valence-electron chi connectivity index (χ3n) is 2.14. The van der Waals surface area contributed by atoms with Crippen LogP contribution in [0, 0.1) is 0 Å². The Morgan fingerprint density at radius 1 is 1.54 bits per heavy atom. The van der Waals surface area contributed by atoms with Gasteiger partial charge in [-0.25, -0.2) is 0 Å². The lowest BCUT2D eigenvalue weighted by molar-refractivity contribution is 0.348. The van der Waals surface area contributed by atoms with Crippen LogP contribution >= 0.6 is 0 Å². The van der Waals surface area contributed by atoms with E-state index in [-0.39, 0.29) is 0 Å². The Morgan fingerprint density at radius 2 is 2.15 bits per heavy atom. The highest BCUT2D eigenvalue weighted by Gasteiger charge is 1.99. The summed E-state index contributed by atoms with van der Waals surface area (Å²) in [5.74, 6) is 0. The third kappa shape index (κ3) is 8.00. The summed E-state index contributed by atoms with van der Waals surface area (Å²) in [4.78, 5) is 2.29. The van der Waals surface area contributed by atoms with E-state index in [1.54, 1.807) is 0 Å². The second kappa shape index (κ2) is 7.10. The molecule has 1 N–H and O–H groups in total. The van der Waals surface area contributed by atoms with Gasteiger partial charge >= 0.3 is 0 Å². The monoisotopic (exact) mass is 184 g/mol. The Bertz CT molecular complexity index is 143. The van der Waals surface area contributed by atoms with Crippen LogP contribution in [0.3, 0.4) is 0 Å². The summed E-state index contributed by atoms with van der Waals surface area (Å²) in [5.41, 5.74) is 1.23. The van der Waals surface area contributed by atoms with Gasteiger partial charge in [-0.1, -0.05) is 19.1 Å². The summed E-state index contributed by atoms with van der Waals surface area (Å²) in [6.07, 6.45) is 1.20. The average Bonchev–Trinajstić information content (AvgIpc) is 2.02. The largest absolute Gasteiger partial charge is 0.313 e. The van der Waals surface area contributed by atoms with Crippen LogP contribution in [-0.2, 0) is 0 Å². The fourth-order valence-electron chi connectivity index (χ4n) is 1.19. The molecule has 0 aliphatic rings. The van der Waals surface area contributed by atoms with Gasteiger partial charge in [-0.15, -0.1) is 0 Å². The van der Waals surface area contributed by atoms with Crippen molar-refractivity contribution in [2.75, 3.05) is 26.7 Å². The normalized spacial score (nSPS) is 13.3. The van der Waals surface area contributed by atoms with Crippen LogP contribution < -0.4 is 5.32 Å². The molecule has 0 fully saturated rings. The molecule has 2 heteroatoms. The van der Waals surface area contributed by atoms with E-state index < -0.39 is 0 Å². The van der Waals surface area contributed by atoms with Gasteiger partial charge in [-0.2, -0.15) is 0 Å². The topological polar surface area (TPSA) is 15.3 Å². The van der Waals surface area contributed by atoms with Gasteiger partial charge in [0.1, 0.15) is 0 Å². The highest BCUT2D eigenvalue weighted by atomic mass is 15.1. The number of hydrogen-bond acceptors (Lipinski definition) is 2. The maximum absolute atomic E-state index is 3.89. The van der Waals surface area contributed by atoms with Crippen molar-refractivity contribution in [2.45, 2.75) is 33.2 Å². The van der Waals surface area contributed by atoms with E-state index in [1.165, 1.54) is 12.0 Å². The van der Waals surface area contributed by atoms with E-state index in [2.05, 4.69) is 44.6 Å². The molecule has 0 spiro atoms. The summed E-state index contributed by atoms with van der Waals surface area (Å²) < 4.78 is 0. The molecule has 78 valence electrons. The second-order valence-corrected chi connectivity index (χ2v) is 3.96. The van der Waals surface area contributed by atoms with Crippen molar-refractivity contribution in [2.24, 2.45) is 0 Å². The van der Waals surface area contributed by atoms with Gasteiger partial charge in [-0.3, -0.25) is 0 Å². The van der Waals surface area contributed by atoms with Gasteiger partial charge in [0.05, 0.1) is 0 Å².